The summed E-state index contributed by atoms with van der Waals surface area (Å²) in [6, 6.07) is 4.27. The number of rotatable bonds is 5. The molecule has 1 saturated carbocycles. The molecule has 0 aromatic heterocycles. The zero-order chi connectivity index (χ0) is 18.0. The molecule has 4 amide bonds. The quantitative estimate of drug-likeness (QED) is 0.512. The maximum Gasteiger partial charge on any atom is 0.325 e. The van der Waals surface area contributed by atoms with Gasteiger partial charge in [-0.25, -0.2) is 4.79 Å². The van der Waals surface area contributed by atoms with Crippen molar-refractivity contribution in [2.24, 2.45) is 0 Å². The fourth-order valence-corrected chi connectivity index (χ4v) is 3.78. The first kappa shape index (κ1) is 17.7. The number of amides is 4. The maximum absolute atomic E-state index is 12.5. The lowest BCUT2D eigenvalue weighted by Crippen LogP contribution is -2.44. The standard InChI is InChI=1S/C17H20BrN3O4/c18-11-4-5-13(22)12(10-11)14(23)19-8-3-9-21-15(24)17(20-16(21)25)6-1-2-7-17/h4-5,10,22H,1-3,6-9H2,(H,19,23)(H,20,25). The number of imide groups is 1. The summed E-state index contributed by atoms with van der Waals surface area (Å²) in [6.45, 7) is 0.562. The van der Waals surface area contributed by atoms with Gasteiger partial charge in [-0.15, -0.1) is 0 Å². The molecule has 1 aliphatic heterocycles. The number of phenolic OH excluding ortho intramolecular Hbond substituents is 1. The highest BCUT2D eigenvalue weighted by Gasteiger charge is 2.51. The van der Waals surface area contributed by atoms with Crippen LogP contribution in [0.2, 0.25) is 0 Å². The molecule has 25 heavy (non-hydrogen) atoms. The Morgan fingerprint density at radius 2 is 2.04 bits per heavy atom. The second-order valence-electron chi connectivity index (χ2n) is 6.45. The summed E-state index contributed by atoms with van der Waals surface area (Å²) in [5, 5.41) is 15.3. The summed E-state index contributed by atoms with van der Waals surface area (Å²) < 4.78 is 0.691. The van der Waals surface area contributed by atoms with Crippen LogP contribution >= 0.6 is 15.9 Å². The number of halogens is 1. The minimum Gasteiger partial charge on any atom is -0.507 e. The zero-order valence-electron chi connectivity index (χ0n) is 13.7. The monoisotopic (exact) mass is 409 g/mol. The molecule has 2 fully saturated rings. The predicted octanol–water partition coefficient (Wildman–Crippen LogP) is 2.14. The van der Waals surface area contributed by atoms with Crippen molar-refractivity contribution in [3.8, 4) is 5.75 Å². The number of nitrogens with one attached hydrogen (secondary N) is 2. The fraction of sp³-hybridized carbons (Fsp3) is 0.471. The Morgan fingerprint density at radius 1 is 1.32 bits per heavy atom. The van der Waals surface area contributed by atoms with Crippen LogP contribution in [0.1, 0.15) is 42.5 Å². The van der Waals surface area contributed by atoms with Gasteiger partial charge in [-0.05, 0) is 37.5 Å². The molecule has 0 unspecified atom stereocenters. The Morgan fingerprint density at radius 3 is 2.76 bits per heavy atom. The first-order valence-electron chi connectivity index (χ1n) is 8.34. The van der Waals surface area contributed by atoms with E-state index in [-0.39, 0.29) is 29.8 Å². The lowest BCUT2D eigenvalue weighted by Gasteiger charge is -2.20. The molecular weight excluding hydrogens is 390 g/mol. The first-order chi connectivity index (χ1) is 11.9. The minimum atomic E-state index is -0.692. The van der Waals surface area contributed by atoms with Gasteiger partial charge in [0, 0.05) is 17.6 Å². The SMILES string of the molecule is O=C(NCCCN1C(=O)NC2(CCCC2)C1=O)c1cc(Br)ccc1O. The van der Waals surface area contributed by atoms with E-state index < -0.39 is 11.4 Å². The van der Waals surface area contributed by atoms with Gasteiger partial charge in [0.25, 0.3) is 11.8 Å². The molecule has 7 nitrogen and oxygen atoms in total. The van der Waals surface area contributed by atoms with E-state index in [1.807, 2.05) is 0 Å². The van der Waals surface area contributed by atoms with E-state index in [0.29, 0.717) is 30.3 Å². The molecule has 0 atom stereocenters. The summed E-state index contributed by atoms with van der Waals surface area (Å²) in [4.78, 5) is 37.9. The highest BCUT2D eigenvalue weighted by molar-refractivity contribution is 9.10. The molecule has 1 aromatic rings. The number of carbonyl (C=O) groups is 3. The van der Waals surface area contributed by atoms with Crippen molar-refractivity contribution in [3.63, 3.8) is 0 Å². The Hall–Kier alpha value is -2.09. The van der Waals surface area contributed by atoms with Crippen LogP contribution in [0.4, 0.5) is 4.79 Å². The lowest BCUT2D eigenvalue weighted by atomic mass is 9.98. The number of phenols is 1. The third-order valence-corrected chi connectivity index (χ3v) is 5.24. The van der Waals surface area contributed by atoms with Crippen molar-refractivity contribution >= 4 is 33.8 Å². The molecule has 3 rings (SSSR count). The van der Waals surface area contributed by atoms with Crippen LogP contribution in [0.25, 0.3) is 0 Å². The summed E-state index contributed by atoms with van der Waals surface area (Å²) >= 11 is 3.25. The van der Waals surface area contributed by atoms with Crippen LogP contribution in [0, 0.1) is 0 Å². The van der Waals surface area contributed by atoms with E-state index in [9.17, 15) is 19.5 Å². The molecule has 2 aliphatic rings. The summed E-state index contributed by atoms with van der Waals surface area (Å²) in [7, 11) is 0. The molecule has 0 bridgehead atoms. The number of hydrogen-bond acceptors (Lipinski definition) is 4. The van der Waals surface area contributed by atoms with Crippen molar-refractivity contribution in [1.29, 1.82) is 0 Å². The van der Waals surface area contributed by atoms with Crippen LogP contribution in [0.15, 0.2) is 22.7 Å². The van der Waals surface area contributed by atoms with Gasteiger partial charge in [0.2, 0.25) is 0 Å². The van der Waals surface area contributed by atoms with Gasteiger partial charge >= 0.3 is 6.03 Å². The number of hydrogen-bond donors (Lipinski definition) is 3. The topological polar surface area (TPSA) is 98.7 Å². The van der Waals surface area contributed by atoms with Crippen molar-refractivity contribution in [1.82, 2.24) is 15.5 Å². The molecule has 134 valence electrons. The molecule has 3 N–H and O–H groups in total. The number of carbonyl (C=O) groups excluding carboxylic acids is 3. The third-order valence-electron chi connectivity index (χ3n) is 4.75. The normalized spacial score (nSPS) is 18.7. The molecule has 0 radical (unpaired) electrons. The molecule has 1 heterocycles. The minimum absolute atomic E-state index is 0.0991. The largest absolute Gasteiger partial charge is 0.507 e. The lowest BCUT2D eigenvalue weighted by molar-refractivity contribution is -0.131. The first-order valence-corrected chi connectivity index (χ1v) is 9.13. The number of urea groups is 1. The van der Waals surface area contributed by atoms with E-state index in [0.717, 1.165) is 12.8 Å². The Bertz CT molecular complexity index is 716. The highest BCUT2D eigenvalue weighted by atomic mass is 79.9. The van der Waals surface area contributed by atoms with Gasteiger partial charge in [0.1, 0.15) is 11.3 Å². The van der Waals surface area contributed by atoms with Crippen molar-refractivity contribution in [2.75, 3.05) is 13.1 Å². The van der Waals surface area contributed by atoms with Crippen LogP contribution < -0.4 is 10.6 Å². The summed E-state index contributed by atoms with van der Waals surface area (Å²) in [5.41, 5.74) is -0.517. The van der Waals surface area contributed by atoms with Gasteiger partial charge in [0.15, 0.2) is 0 Å². The van der Waals surface area contributed by atoms with Crippen molar-refractivity contribution in [2.45, 2.75) is 37.6 Å². The van der Waals surface area contributed by atoms with Gasteiger partial charge in [-0.3, -0.25) is 14.5 Å². The van der Waals surface area contributed by atoms with Crippen LogP contribution in [0.3, 0.4) is 0 Å². The fourth-order valence-electron chi connectivity index (χ4n) is 3.42. The van der Waals surface area contributed by atoms with E-state index in [1.165, 1.54) is 17.0 Å². The van der Waals surface area contributed by atoms with Crippen molar-refractivity contribution < 1.29 is 19.5 Å². The number of nitrogens with zero attached hydrogens (tertiary/aromatic N) is 1. The van der Waals surface area contributed by atoms with E-state index in [4.69, 9.17) is 0 Å². The molecule has 1 saturated heterocycles. The highest BCUT2D eigenvalue weighted by Crippen LogP contribution is 2.35. The number of benzene rings is 1. The van der Waals surface area contributed by atoms with Gasteiger partial charge in [-0.2, -0.15) is 0 Å². The Balaban J connectivity index is 1.50. The molecular formula is C17H20BrN3O4. The Labute approximate surface area is 153 Å². The molecule has 1 aliphatic carbocycles. The second-order valence-corrected chi connectivity index (χ2v) is 7.36. The third kappa shape index (κ3) is 3.49. The average Bonchev–Trinajstić information content (AvgIpc) is 3.13. The smallest absolute Gasteiger partial charge is 0.325 e. The summed E-state index contributed by atoms with van der Waals surface area (Å²) in [6.07, 6.45) is 3.76. The molecule has 8 heteroatoms. The van der Waals surface area contributed by atoms with Crippen molar-refractivity contribution in [3.05, 3.63) is 28.2 Å². The van der Waals surface area contributed by atoms with Crippen LogP contribution in [-0.2, 0) is 4.79 Å². The molecule has 1 spiro atoms. The molecule has 1 aromatic carbocycles. The van der Waals surface area contributed by atoms with E-state index in [1.54, 1.807) is 6.07 Å². The maximum atomic E-state index is 12.5. The second kappa shape index (κ2) is 7.03. The van der Waals surface area contributed by atoms with E-state index >= 15 is 0 Å². The zero-order valence-corrected chi connectivity index (χ0v) is 15.3. The Kier molecular flexibility index (Phi) is 4.99. The van der Waals surface area contributed by atoms with Crippen LogP contribution in [-0.4, -0.2) is 46.5 Å². The van der Waals surface area contributed by atoms with Crippen LogP contribution in [0.5, 0.6) is 5.75 Å². The number of aromatic hydroxyl groups is 1. The van der Waals surface area contributed by atoms with Gasteiger partial charge in [-0.1, -0.05) is 28.8 Å². The predicted molar refractivity (Wildman–Crippen MR) is 94.2 cm³/mol. The summed E-state index contributed by atoms with van der Waals surface area (Å²) in [5.74, 6) is -0.646. The van der Waals surface area contributed by atoms with Gasteiger partial charge < -0.3 is 15.7 Å². The van der Waals surface area contributed by atoms with E-state index in [2.05, 4.69) is 26.6 Å². The average molecular weight is 410 g/mol. The van der Waals surface area contributed by atoms with Gasteiger partial charge in [0.05, 0.1) is 5.56 Å².